The average molecular weight is 308 g/mol. The number of alkyl halides is 3. The SMILES string of the molecule is COCCN(C)C(CN)c1ccc(SC(F)(F)F)cc1. The van der Waals surface area contributed by atoms with E-state index < -0.39 is 5.51 Å². The fraction of sp³-hybridized carbons (Fsp3) is 0.538. The van der Waals surface area contributed by atoms with E-state index in [4.69, 9.17) is 10.5 Å². The molecule has 3 nitrogen and oxygen atoms in total. The second-order valence-corrected chi connectivity index (χ2v) is 5.48. The number of methoxy groups -OCH3 is 1. The summed E-state index contributed by atoms with van der Waals surface area (Å²) in [5.41, 5.74) is 2.39. The second-order valence-electron chi connectivity index (χ2n) is 4.34. The summed E-state index contributed by atoms with van der Waals surface area (Å²) in [5, 5.41) is 0. The van der Waals surface area contributed by atoms with Gasteiger partial charge < -0.3 is 10.5 Å². The maximum atomic E-state index is 12.3. The monoisotopic (exact) mass is 308 g/mol. The number of nitrogens with zero attached hydrogens (tertiary/aromatic N) is 1. The Bertz CT molecular complexity index is 398. The lowest BCUT2D eigenvalue weighted by molar-refractivity contribution is -0.0328. The van der Waals surface area contributed by atoms with Gasteiger partial charge in [0, 0.05) is 31.1 Å². The minimum absolute atomic E-state index is 0.0323. The Hall–Kier alpha value is -0.760. The van der Waals surface area contributed by atoms with E-state index in [-0.39, 0.29) is 22.7 Å². The van der Waals surface area contributed by atoms with Gasteiger partial charge in [0.25, 0.3) is 0 Å². The number of halogens is 3. The Labute approximate surface area is 121 Å². The lowest BCUT2D eigenvalue weighted by Gasteiger charge is -2.27. The zero-order valence-electron chi connectivity index (χ0n) is 11.5. The van der Waals surface area contributed by atoms with Crippen molar-refractivity contribution in [1.29, 1.82) is 0 Å². The van der Waals surface area contributed by atoms with Gasteiger partial charge in [-0.3, -0.25) is 4.90 Å². The molecule has 0 aliphatic carbocycles. The number of benzene rings is 1. The Morgan fingerprint density at radius 2 is 1.90 bits per heavy atom. The van der Waals surface area contributed by atoms with Gasteiger partial charge in [0.05, 0.1) is 6.61 Å². The van der Waals surface area contributed by atoms with Crippen molar-refractivity contribution in [2.24, 2.45) is 5.73 Å². The van der Waals surface area contributed by atoms with Crippen molar-refractivity contribution < 1.29 is 17.9 Å². The van der Waals surface area contributed by atoms with Crippen LogP contribution in [0.5, 0.6) is 0 Å². The second kappa shape index (κ2) is 7.87. The minimum atomic E-state index is -4.26. The number of rotatable bonds is 7. The number of hydrogen-bond acceptors (Lipinski definition) is 4. The van der Waals surface area contributed by atoms with Crippen LogP contribution in [-0.4, -0.2) is 44.3 Å². The molecule has 1 atom stereocenters. The molecule has 0 fully saturated rings. The zero-order chi connectivity index (χ0) is 15.2. The molecule has 7 heteroatoms. The predicted octanol–water partition coefficient (Wildman–Crippen LogP) is 2.88. The van der Waals surface area contributed by atoms with Gasteiger partial charge in [-0.2, -0.15) is 13.2 Å². The van der Waals surface area contributed by atoms with Crippen LogP contribution in [0.2, 0.25) is 0 Å². The lowest BCUT2D eigenvalue weighted by Crippen LogP contribution is -2.32. The van der Waals surface area contributed by atoms with Crippen molar-refractivity contribution in [3.63, 3.8) is 0 Å². The Kier molecular flexibility index (Phi) is 6.81. The maximum Gasteiger partial charge on any atom is 0.446 e. The summed E-state index contributed by atoms with van der Waals surface area (Å²) in [6.45, 7) is 1.68. The summed E-state index contributed by atoms with van der Waals surface area (Å²) in [6, 6.07) is 6.29. The van der Waals surface area contributed by atoms with E-state index in [1.807, 2.05) is 11.9 Å². The summed E-state index contributed by atoms with van der Waals surface area (Å²) < 4.78 is 41.8. The van der Waals surface area contributed by atoms with Gasteiger partial charge in [-0.15, -0.1) is 0 Å². The third-order valence-corrected chi connectivity index (χ3v) is 3.64. The van der Waals surface area contributed by atoms with E-state index in [2.05, 4.69) is 0 Å². The van der Waals surface area contributed by atoms with Gasteiger partial charge in [-0.25, -0.2) is 0 Å². The lowest BCUT2D eigenvalue weighted by atomic mass is 10.1. The van der Waals surface area contributed by atoms with Crippen LogP contribution < -0.4 is 5.73 Å². The predicted molar refractivity (Wildman–Crippen MR) is 74.7 cm³/mol. The first-order valence-corrected chi connectivity index (χ1v) is 6.94. The third kappa shape index (κ3) is 5.70. The largest absolute Gasteiger partial charge is 0.446 e. The van der Waals surface area contributed by atoms with E-state index in [1.165, 1.54) is 12.1 Å². The molecule has 0 aromatic heterocycles. The van der Waals surface area contributed by atoms with Gasteiger partial charge in [-0.1, -0.05) is 12.1 Å². The van der Waals surface area contributed by atoms with Crippen molar-refractivity contribution in [3.8, 4) is 0 Å². The van der Waals surface area contributed by atoms with Crippen LogP contribution in [0.3, 0.4) is 0 Å². The van der Waals surface area contributed by atoms with E-state index in [0.29, 0.717) is 19.7 Å². The molecule has 0 spiro atoms. The van der Waals surface area contributed by atoms with Crippen LogP contribution in [0, 0.1) is 0 Å². The minimum Gasteiger partial charge on any atom is -0.383 e. The molecule has 0 bridgehead atoms. The van der Waals surface area contributed by atoms with E-state index in [9.17, 15) is 13.2 Å². The molecule has 0 heterocycles. The molecule has 0 radical (unpaired) electrons. The number of ether oxygens (including phenoxy) is 1. The fourth-order valence-electron chi connectivity index (χ4n) is 1.85. The Morgan fingerprint density at radius 3 is 2.35 bits per heavy atom. The molecule has 20 heavy (non-hydrogen) atoms. The van der Waals surface area contributed by atoms with Crippen molar-refractivity contribution in [2.75, 3.05) is 33.9 Å². The first kappa shape index (κ1) is 17.3. The third-order valence-electron chi connectivity index (χ3n) is 2.90. The number of thioether (sulfide) groups is 1. The quantitative estimate of drug-likeness (QED) is 0.786. The van der Waals surface area contributed by atoms with Crippen LogP contribution in [0.4, 0.5) is 13.2 Å². The van der Waals surface area contributed by atoms with Crippen molar-refractivity contribution >= 4 is 11.8 Å². The average Bonchev–Trinajstić information content (AvgIpc) is 2.37. The van der Waals surface area contributed by atoms with Gasteiger partial charge in [0.15, 0.2) is 0 Å². The highest BCUT2D eigenvalue weighted by Crippen LogP contribution is 2.37. The van der Waals surface area contributed by atoms with Crippen LogP contribution >= 0.6 is 11.8 Å². The van der Waals surface area contributed by atoms with Gasteiger partial charge >= 0.3 is 5.51 Å². The molecule has 114 valence electrons. The van der Waals surface area contributed by atoms with E-state index in [1.54, 1.807) is 19.2 Å². The van der Waals surface area contributed by atoms with Crippen LogP contribution in [0.15, 0.2) is 29.2 Å². The summed E-state index contributed by atoms with van der Waals surface area (Å²) in [4.78, 5) is 2.20. The van der Waals surface area contributed by atoms with Crippen molar-refractivity contribution in [3.05, 3.63) is 29.8 Å². The van der Waals surface area contributed by atoms with E-state index >= 15 is 0 Å². The van der Waals surface area contributed by atoms with E-state index in [0.717, 1.165) is 5.56 Å². The molecule has 0 saturated heterocycles. The van der Waals surface area contributed by atoms with Crippen LogP contribution in [0.1, 0.15) is 11.6 Å². The molecular weight excluding hydrogens is 289 g/mol. The first-order chi connectivity index (χ1) is 9.37. The molecule has 0 saturated carbocycles. The summed E-state index contributed by atoms with van der Waals surface area (Å²) in [7, 11) is 3.53. The number of likely N-dealkylation sites (N-methyl/N-ethyl adjacent to an activating group) is 1. The van der Waals surface area contributed by atoms with Gasteiger partial charge in [-0.05, 0) is 36.5 Å². The van der Waals surface area contributed by atoms with Gasteiger partial charge in [0.2, 0.25) is 0 Å². The zero-order valence-corrected chi connectivity index (χ0v) is 12.3. The molecular formula is C13H19F3N2OS. The molecule has 0 aliphatic heterocycles. The molecule has 1 aromatic rings. The van der Waals surface area contributed by atoms with Crippen LogP contribution in [-0.2, 0) is 4.74 Å². The summed E-state index contributed by atoms with van der Waals surface area (Å²) in [5.74, 6) is 0. The molecule has 2 N–H and O–H groups in total. The molecule has 1 unspecified atom stereocenters. The smallest absolute Gasteiger partial charge is 0.383 e. The highest BCUT2D eigenvalue weighted by Gasteiger charge is 2.29. The molecule has 1 aromatic carbocycles. The number of nitrogens with two attached hydrogens (primary N) is 1. The summed E-state index contributed by atoms with van der Waals surface area (Å²) in [6.07, 6.45) is 0. The van der Waals surface area contributed by atoms with Gasteiger partial charge in [0.1, 0.15) is 0 Å². The molecule has 1 rings (SSSR count). The topological polar surface area (TPSA) is 38.5 Å². The molecule has 0 amide bonds. The highest BCUT2D eigenvalue weighted by molar-refractivity contribution is 8.00. The normalized spacial score (nSPS) is 13.8. The standard InChI is InChI=1S/C13H19F3N2OS/c1-18(7-8-19-2)12(9-17)10-3-5-11(6-4-10)20-13(14,15)16/h3-6,12H,7-9,17H2,1-2H3. The van der Waals surface area contributed by atoms with Crippen molar-refractivity contribution in [1.82, 2.24) is 4.90 Å². The highest BCUT2D eigenvalue weighted by atomic mass is 32.2. The number of hydrogen-bond donors (Lipinski definition) is 1. The fourth-order valence-corrected chi connectivity index (χ4v) is 2.39. The maximum absolute atomic E-state index is 12.3. The summed E-state index contributed by atoms with van der Waals surface area (Å²) >= 11 is -0.114. The first-order valence-electron chi connectivity index (χ1n) is 6.12. The van der Waals surface area contributed by atoms with Crippen molar-refractivity contribution in [2.45, 2.75) is 16.4 Å². The van der Waals surface area contributed by atoms with Crippen LogP contribution in [0.25, 0.3) is 0 Å². The Balaban J connectivity index is 2.74. The Morgan fingerprint density at radius 1 is 1.30 bits per heavy atom. The molecule has 0 aliphatic rings.